The van der Waals surface area contributed by atoms with E-state index in [1.165, 1.54) is 17.6 Å². The molecule has 1 saturated heterocycles. The molecular formula is C12H21NO4S. The third kappa shape index (κ3) is 2.40. The highest BCUT2D eigenvalue weighted by molar-refractivity contribution is 7.90. The Bertz CT molecular complexity index is 418. The van der Waals surface area contributed by atoms with Crippen molar-refractivity contribution in [1.29, 1.82) is 0 Å². The SMILES string of the molecule is CC(C(=O)O)S(=O)(=O)N1CCCC2CCCCC21. The molecular weight excluding hydrogens is 254 g/mol. The number of sulfonamides is 1. The summed E-state index contributed by atoms with van der Waals surface area (Å²) in [6.07, 6.45) is 6.12. The van der Waals surface area contributed by atoms with Gasteiger partial charge in [-0.25, -0.2) is 8.42 Å². The van der Waals surface area contributed by atoms with E-state index in [1.807, 2.05) is 0 Å². The van der Waals surface area contributed by atoms with Crippen molar-refractivity contribution in [3.05, 3.63) is 0 Å². The maximum absolute atomic E-state index is 12.3. The number of hydrogen-bond acceptors (Lipinski definition) is 3. The molecule has 0 bridgehead atoms. The molecule has 0 spiro atoms. The molecule has 18 heavy (non-hydrogen) atoms. The van der Waals surface area contributed by atoms with Gasteiger partial charge in [0.2, 0.25) is 10.0 Å². The molecule has 2 rings (SSSR count). The van der Waals surface area contributed by atoms with Gasteiger partial charge in [-0.15, -0.1) is 0 Å². The van der Waals surface area contributed by atoms with Crippen LogP contribution in [0.2, 0.25) is 0 Å². The van der Waals surface area contributed by atoms with Crippen molar-refractivity contribution >= 4 is 16.0 Å². The minimum absolute atomic E-state index is 0.0410. The van der Waals surface area contributed by atoms with Gasteiger partial charge in [0.25, 0.3) is 0 Å². The summed E-state index contributed by atoms with van der Waals surface area (Å²) in [4.78, 5) is 10.9. The van der Waals surface area contributed by atoms with Gasteiger partial charge in [-0.2, -0.15) is 4.31 Å². The van der Waals surface area contributed by atoms with Crippen molar-refractivity contribution in [3.63, 3.8) is 0 Å². The molecule has 0 aromatic heterocycles. The van der Waals surface area contributed by atoms with Gasteiger partial charge < -0.3 is 5.11 Å². The Balaban J connectivity index is 2.23. The number of carboxylic acid groups (broad SMARTS) is 1. The van der Waals surface area contributed by atoms with Gasteiger partial charge in [-0.3, -0.25) is 4.79 Å². The monoisotopic (exact) mass is 275 g/mol. The first-order valence-corrected chi connectivity index (χ1v) is 8.18. The zero-order valence-corrected chi connectivity index (χ0v) is 11.5. The minimum atomic E-state index is -3.70. The Hall–Kier alpha value is -0.620. The van der Waals surface area contributed by atoms with Crippen molar-refractivity contribution < 1.29 is 18.3 Å². The molecule has 6 heteroatoms. The highest BCUT2D eigenvalue weighted by Gasteiger charge is 2.43. The van der Waals surface area contributed by atoms with E-state index in [1.54, 1.807) is 0 Å². The van der Waals surface area contributed by atoms with Crippen molar-refractivity contribution in [1.82, 2.24) is 4.31 Å². The molecule has 1 heterocycles. The molecule has 0 aromatic rings. The van der Waals surface area contributed by atoms with Gasteiger partial charge in [0.15, 0.2) is 5.25 Å². The summed E-state index contributed by atoms with van der Waals surface area (Å²) in [6.45, 7) is 1.76. The standard InChI is InChI=1S/C12H21NO4S/c1-9(12(14)15)18(16,17)13-8-4-6-10-5-2-3-7-11(10)13/h9-11H,2-8H2,1H3,(H,14,15). The molecule has 1 N–H and O–H groups in total. The maximum Gasteiger partial charge on any atom is 0.323 e. The van der Waals surface area contributed by atoms with Crippen molar-refractivity contribution in [2.24, 2.45) is 5.92 Å². The highest BCUT2D eigenvalue weighted by Crippen LogP contribution is 2.37. The second kappa shape index (κ2) is 5.17. The van der Waals surface area contributed by atoms with Gasteiger partial charge in [-0.1, -0.05) is 12.8 Å². The van der Waals surface area contributed by atoms with Crippen LogP contribution in [-0.4, -0.2) is 41.6 Å². The summed E-state index contributed by atoms with van der Waals surface area (Å²) in [5.41, 5.74) is 0. The lowest BCUT2D eigenvalue weighted by Crippen LogP contribution is -2.53. The normalized spacial score (nSPS) is 31.6. The first-order chi connectivity index (χ1) is 8.44. The predicted octanol–water partition coefficient (Wildman–Crippen LogP) is 1.44. The largest absolute Gasteiger partial charge is 0.480 e. The van der Waals surface area contributed by atoms with Gasteiger partial charge in [0, 0.05) is 12.6 Å². The summed E-state index contributed by atoms with van der Waals surface area (Å²) in [6, 6.07) is 0.0410. The zero-order valence-electron chi connectivity index (χ0n) is 10.7. The Morgan fingerprint density at radius 1 is 1.22 bits per heavy atom. The van der Waals surface area contributed by atoms with Crippen molar-refractivity contribution in [2.75, 3.05) is 6.54 Å². The van der Waals surface area contributed by atoms with Crippen LogP contribution in [0.15, 0.2) is 0 Å². The van der Waals surface area contributed by atoms with Gasteiger partial charge in [0.1, 0.15) is 0 Å². The fourth-order valence-corrected chi connectivity index (χ4v) is 4.93. The Morgan fingerprint density at radius 2 is 1.83 bits per heavy atom. The van der Waals surface area contributed by atoms with Crippen LogP contribution in [0.25, 0.3) is 0 Å². The van der Waals surface area contributed by atoms with E-state index in [0.717, 1.165) is 32.1 Å². The number of carboxylic acids is 1. The number of fused-ring (bicyclic) bond motifs is 1. The van der Waals surface area contributed by atoms with Gasteiger partial charge >= 0.3 is 5.97 Å². The van der Waals surface area contributed by atoms with Crippen LogP contribution in [0.5, 0.6) is 0 Å². The quantitative estimate of drug-likeness (QED) is 0.845. The number of aliphatic carboxylic acids is 1. The smallest absolute Gasteiger partial charge is 0.323 e. The van der Waals surface area contributed by atoms with Gasteiger partial charge in [-0.05, 0) is 38.5 Å². The molecule has 1 aliphatic carbocycles. The van der Waals surface area contributed by atoms with E-state index in [4.69, 9.17) is 5.11 Å². The second-order valence-electron chi connectivity index (χ2n) is 5.39. The number of rotatable bonds is 3. The van der Waals surface area contributed by atoms with Crippen LogP contribution in [-0.2, 0) is 14.8 Å². The van der Waals surface area contributed by atoms with E-state index >= 15 is 0 Å². The highest BCUT2D eigenvalue weighted by atomic mass is 32.2. The van der Waals surface area contributed by atoms with E-state index in [2.05, 4.69) is 0 Å². The fraction of sp³-hybridized carbons (Fsp3) is 0.917. The summed E-state index contributed by atoms with van der Waals surface area (Å²) in [5, 5.41) is 7.60. The predicted molar refractivity (Wildman–Crippen MR) is 67.7 cm³/mol. The fourth-order valence-electron chi connectivity index (χ4n) is 3.23. The lowest BCUT2D eigenvalue weighted by atomic mass is 9.79. The average molecular weight is 275 g/mol. The van der Waals surface area contributed by atoms with E-state index in [-0.39, 0.29) is 6.04 Å². The van der Waals surface area contributed by atoms with Crippen LogP contribution < -0.4 is 0 Å². The molecule has 0 aromatic carbocycles. The molecule has 104 valence electrons. The number of nitrogens with zero attached hydrogens (tertiary/aromatic N) is 1. The summed E-state index contributed by atoms with van der Waals surface area (Å²) < 4.78 is 26.1. The summed E-state index contributed by atoms with van der Waals surface area (Å²) >= 11 is 0. The molecule has 5 nitrogen and oxygen atoms in total. The van der Waals surface area contributed by atoms with Crippen LogP contribution in [0.1, 0.15) is 45.4 Å². The summed E-state index contributed by atoms with van der Waals surface area (Å²) in [7, 11) is -3.70. The summed E-state index contributed by atoms with van der Waals surface area (Å²) in [5.74, 6) is -0.823. The molecule has 0 radical (unpaired) electrons. The van der Waals surface area contributed by atoms with E-state index in [0.29, 0.717) is 12.5 Å². The first kappa shape index (κ1) is 13.8. The van der Waals surface area contributed by atoms with Crippen LogP contribution in [0.4, 0.5) is 0 Å². The Kier molecular flexibility index (Phi) is 3.96. The molecule has 3 unspecified atom stereocenters. The number of hydrogen-bond donors (Lipinski definition) is 1. The van der Waals surface area contributed by atoms with Crippen LogP contribution in [0, 0.1) is 5.92 Å². The zero-order chi connectivity index (χ0) is 13.3. The van der Waals surface area contributed by atoms with Crippen LogP contribution in [0.3, 0.4) is 0 Å². The van der Waals surface area contributed by atoms with E-state index < -0.39 is 21.2 Å². The molecule has 1 aliphatic heterocycles. The van der Waals surface area contributed by atoms with Crippen molar-refractivity contribution in [2.45, 2.75) is 56.7 Å². The molecule has 2 aliphatic rings. The average Bonchev–Trinajstić information content (AvgIpc) is 2.36. The second-order valence-corrected chi connectivity index (χ2v) is 7.60. The van der Waals surface area contributed by atoms with Crippen LogP contribution >= 0.6 is 0 Å². The lowest BCUT2D eigenvalue weighted by molar-refractivity contribution is -0.136. The molecule has 2 fully saturated rings. The number of carbonyl (C=O) groups is 1. The Morgan fingerprint density at radius 3 is 2.50 bits per heavy atom. The maximum atomic E-state index is 12.3. The molecule has 3 atom stereocenters. The topological polar surface area (TPSA) is 74.7 Å². The first-order valence-electron chi connectivity index (χ1n) is 6.68. The van der Waals surface area contributed by atoms with E-state index in [9.17, 15) is 13.2 Å². The lowest BCUT2D eigenvalue weighted by Gasteiger charge is -2.43. The Labute approximate surface area is 108 Å². The molecule has 0 amide bonds. The van der Waals surface area contributed by atoms with Gasteiger partial charge in [0.05, 0.1) is 0 Å². The molecule has 1 saturated carbocycles. The number of piperidine rings is 1. The third-order valence-corrected chi connectivity index (χ3v) is 6.52. The minimum Gasteiger partial charge on any atom is -0.480 e. The van der Waals surface area contributed by atoms with Crippen molar-refractivity contribution in [3.8, 4) is 0 Å². The third-order valence-electron chi connectivity index (χ3n) is 4.31.